The van der Waals surface area contributed by atoms with E-state index in [-0.39, 0.29) is 0 Å². The molecule has 16 heavy (non-hydrogen) atoms. The van der Waals surface area contributed by atoms with Crippen molar-refractivity contribution in [2.75, 3.05) is 19.6 Å². The third-order valence-electron chi connectivity index (χ3n) is 3.84. The molecule has 0 bridgehead atoms. The summed E-state index contributed by atoms with van der Waals surface area (Å²) in [5.41, 5.74) is 4.44. The minimum absolute atomic E-state index is 0.662. The van der Waals surface area contributed by atoms with Crippen LogP contribution in [0.15, 0.2) is 18.2 Å². The average Bonchev–Trinajstić information content (AvgIpc) is 2.23. The zero-order valence-corrected chi connectivity index (χ0v) is 10.00. The molecule has 2 aliphatic heterocycles. The van der Waals surface area contributed by atoms with Gasteiger partial charge in [-0.1, -0.05) is 23.8 Å². The summed E-state index contributed by atoms with van der Waals surface area (Å²) in [6.07, 6.45) is 2.59. The fraction of sp³-hybridized carbons (Fsp3) is 0.571. The standard InChI is InChI=1S/C14H20N2/c1-11-3-4-12-9-15-14(8-13(12)7-11)10-16-5-2-6-16/h3-4,7,14-15H,2,5-6,8-10H2,1H3. The van der Waals surface area contributed by atoms with Gasteiger partial charge in [0, 0.05) is 19.1 Å². The molecule has 1 aromatic carbocycles. The van der Waals surface area contributed by atoms with Crippen LogP contribution in [0.3, 0.4) is 0 Å². The fourth-order valence-electron chi connectivity index (χ4n) is 2.71. The lowest BCUT2D eigenvalue weighted by Crippen LogP contribution is -2.49. The lowest BCUT2D eigenvalue weighted by molar-refractivity contribution is 0.158. The van der Waals surface area contributed by atoms with Crippen LogP contribution in [0.2, 0.25) is 0 Å². The smallest absolute Gasteiger partial charge is 0.0238 e. The minimum Gasteiger partial charge on any atom is -0.308 e. The molecule has 0 radical (unpaired) electrons. The number of hydrogen-bond donors (Lipinski definition) is 1. The van der Waals surface area contributed by atoms with E-state index in [1.165, 1.54) is 43.6 Å². The zero-order chi connectivity index (χ0) is 11.0. The highest BCUT2D eigenvalue weighted by molar-refractivity contribution is 5.33. The van der Waals surface area contributed by atoms with Crippen molar-refractivity contribution in [3.63, 3.8) is 0 Å². The van der Waals surface area contributed by atoms with Gasteiger partial charge in [0.25, 0.3) is 0 Å². The molecule has 0 saturated carbocycles. The Kier molecular flexibility index (Phi) is 2.70. The van der Waals surface area contributed by atoms with E-state index in [4.69, 9.17) is 0 Å². The van der Waals surface area contributed by atoms with Crippen molar-refractivity contribution in [2.24, 2.45) is 0 Å². The summed E-state index contributed by atoms with van der Waals surface area (Å²) in [5, 5.41) is 3.65. The van der Waals surface area contributed by atoms with E-state index in [1.54, 1.807) is 5.56 Å². The van der Waals surface area contributed by atoms with Crippen molar-refractivity contribution in [3.8, 4) is 0 Å². The molecule has 2 nitrogen and oxygen atoms in total. The first-order valence-corrected chi connectivity index (χ1v) is 6.35. The van der Waals surface area contributed by atoms with Crippen LogP contribution in [0.4, 0.5) is 0 Å². The molecule has 1 aromatic rings. The van der Waals surface area contributed by atoms with E-state index < -0.39 is 0 Å². The number of nitrogens with zero attached hydrogens (tertiary/aromatic N) is 1. The largest absolute Gasteiger partial charge is 0.308 e. The fourth-order valence-corrected chi connectivity index (χ4v) is 2.71. The minimum atomic E-state index is 0.662. The summed E-state index contributed by atoms with van der Waals surface area (Å²) in [5.74, 6) is 0. The van der Waals surface area contributed by atoms with Crippen molar-refractivity contribution in [1.82, 2.24) is 10.2 Å². The van der Waals surface area contributed by atoms with E-state index in [0.717, 1.165) is 6.54 Å². The van der Waals surface area contributed by atoms with Gasteiger partial charge in [-0.2, -0.15) is 0 Å². The summed E-state index contributed by atoms with van der Waals surface area (Å²) in [6, 6.07) is 7.52. The topological polar surface area (TPSA) is 15.3 Å². The highest BCUT2D eigenvalue weighted by Gasteiger charge is 2.22. The maximum Gasteiger partial charge on any atom is 0.0238 e. The van der Waals surface area contributed by atoms with E-state index in [1.807, 2.05) is 0 Å². The SMILES string of the molecule is Cc1ccc2c(c1)CC(CN1CCC1)NC2. The Bertz CT molecular complexity index is 382. The number of likely N-dealkylation sites (tertiary alicyclic amines) is 1. The monoisotopic (exact) mass is 216 g/mol. The van der Waals surface area contributed by atoms with Crippen molar-refractivity contribution >= 4 is 0 Å². The number of nitrogens with one attached hydrogen (secondary N) is 1. The highest BCUT2D eigenvalue weighted by Crippen LogP contribution is 2.19. The van der Waals surface area contributed by atoms with Crippen LogP contribution in [0.25, 0.3) is 0 Å². The van der Waals surface area contributed by atoms with Crippen LogP contribution in [-0.4, -0.2) is 30.6 Å². The van der Waals surface area contributed by atoms with Crippen LogP contribution in [0.5, 0.6) is 0 Å². The molecule has 2 aliphatic rings. The number of aryl methyl sites for hydroxylation is 1. The molecular weight excluding hydrogens is 196 g/mol. The first kappa shape index (κ1) is 10.3. The van der Waals surface area contributed by atoms with E-state index in [2.05, 4.69) is 35.3 Å². The molecule has 1 fully saturated rings. The van der Waals surface area contributed by atoms with Gasteiger partial charge in [-0.05, 0) is 44.0 Å². The summed E-state index contributed by atoms with van der Waals surface area (Å²) in [7, 11) is 0. The zero-order valence-electron chi connectivity index (χ0n) is 10.00. The number of benzene rings is 1. The van der Waals surface area contributed by atoms with Crippen LogP contribution in [0, 0.1) is 6.92 Å². The Labute approximate surface area is 97.6 Å². The molecule has 86 valence electrons. The normalized spacial score (nSPS) is 24.9. The predicted octanol–water partition coefficient (Wildman–Crippen LogP) is 1.72. The predicted molar refractivity (Wildman–Crippen MR) is 66.6 cm³/mol. The first-order chi connectivity index (χ1) is 7.81. The first-order valence-electron chi connectivity index (χ1n) is 6.35. The molecule has 2 heterocycles. The Hall–Kier alpha value is -0.860. The molecule has 1 unspecified atom stereocenters. The second-order valence-electron chi connectivity index (χ2n) is 5.21. The highest BCUT2D eigenvalue weighted by atomic mass is 15.2. The average molecular weight is 216 g/mol. The van der Waals surface area contributed by atoms with Gasteiger partial charge in [0.05, 0.1) is 0 Å². The number of fused-ring (bicyclic) bond motifs is 1. The third-order valence-corrected chi connectivity index (χ3v) is 3.84. The van der Waals surface area contributed by atoms with Crippen molar-refractivity contribution < 1.29 is 0 Å². The van der Waals surface area contributed by atoms with Gasteiger partial charge >= 0.3 is 0 Å². The molecule has 0 spiro atoms. The molecular formula is C14H20N2. The lowest BCUT2D eigenvalue weighted by Gasteiger charge is -2.36. The number of hydrogen-bond acceptors (Lipinski definition) is 2. The van der Waals surface area contributed by atoms with Crippen LogP contribution >= 0.6 is 0 Å². The van der Waals surface area contributed by atoms with E-state index in [0.29, 0.717) is 6.04 Å². The molecule has 1 saturated heterocycles. The second-order valence-corrected chi connectivity index (χ2v) is 5.21. The van der Waals surface area contributed by atoms with Gasteiger partial charge < -0.3 is 10.2 Å². The van der Waals surface area contributed by atoms with Gasteiger partial charge in [0.2, 0.25) is 0 Å². The van der Waals surface area contributed by atoms with Gasteiger partial charge in [0.1, 0.15) is 0 Å². The third kappa shape index (κ3) is 2.00. The molecule has 0 amide bonds. The summed E-state index contributed by atoms with van der Waals surface area (Å²) >= 11 is 0. The Morgan fingerprint density at radius 2 is 2.19 bits per heavy atom. The van der Waals surface area contributed by atoms with Gasteiger partial charge in [-0.15, -0.1) is 0 Å². The second kappa shape index (κ2) is 4.19. The Morgan fingerprint density at radius 3 is 2.94 bits per heavy atom. The van der Waals surface area contributed by atoms with Crippen LogP contribution in [0.1, 0.15) is 23.1 Å². The summed E-state index contributed by atoms with van der Waals surface area (Å²) in [4.78, 5) is 2.55. The Balaban J connectivity index is 1.69. The molecule has 0 aromatic heterocycles. The van der Waals surface area contributed by atoms with Gasteiger partial charge in [-0.25, -0.2) is 0 Å². The van der Waals surface area contributed by atoms with Crippen molar-refractivity contribution in [2.45, 2.75) is 32.4 Å². The van der Waals surface area contributed by atoms with E-state index >= 15 is 0 Å². The lowest BCUT2D eigenvalue weighted by atomic mass is 9.93. The quantitative estimate of drug-likeness (QED) is 0.809. The molecule has 1 N–H and O–H groups in total. The maximum atomic E-state index is 3.65. The van der Waals surface area contributed by atoms with Crippen molar-refractivity contribution in [3.05, 3.63) is 34.9 Å². The molecule has 2 heteroatoms. The number of rotatable bonds is 2. The maximum absolute atomic E-state index is 3.65. The molecule has 3 rings (SSSR count). The molecule has 1 atom stereocenters. The molecule has 0 aliphatic carbocycles. The van der Waals surface area contributed by atoms with Crippen LogP contribution in [-0.2, 0) is 13.0 Å². The summed E-state index contributed by atoms with van der Waals surface area (Å²) < 4.78 is 0. The van der Waals surface area contributed by atoms with Crippen LogP contribution < -0.4 is 5.32 Å². The van der Waals surface area contributed by atoms with Crippen molar-refractivity contribution in [1.29, 1.82) is 0 Å². The van der Waals surface area contributed by atoms with Gasteiger partial charge in [-0.3, -0.25) is 0 Å². The summed E-state index contributed by atoms with van der Waals surface area (Å²) in [6.45, 7) is 7.08. The van der Waals surface area contributed by atoms with E-state index in [9.17, 15) is 0 Å². The Morgan fingerprint density at radius 1 is 1.31 bits per heavy atom. The van der Waals surface area contributed by atoms with Gasteiger partial charge in [0.15, 0.2) is 0 Å².